The molecule has 0 atom stereocenters. The van der Waals surface area contributed by atoms with Crippen LogP contribution in [-0.2, 0) is 10.0 Å². The zero-order valence-electron chi connectivity index (χ0n) is 11.8. The van der Waals surface area contributed by atoms with Crippen molar-refractivity contribution in [2.24, 2.45) is 5.92 Å². The normalized spacial score (nSPS) is 14.7. The summed E-state index contributed by atoms with van der Waals surface area (Å²) in [5.74, 6) is 0.168. The Morgan fingerprint density at radius 1 is 1.33 bits per heavy atom. The molecule has 0 aromatic heterocycles. The average molecular weight is 334 g/mol. The second-order valence-corrected chi connectivity index (χ2v) is 6.80. The largest absolute Gasteiger partial charge is 0.352 e. The summed E-state index contributed by atoms with van der Waals surface area (Å²) in [5, 5.41) is 5.96. The van der Waals surface area contributed by atoms with Gasteiger partial charge in [-0.15, -0.1) is 12.4 Å². The molecule has 6 nitrogen and oxygen atoms in total. The maximum atomic E-state index is 12.1. The fraction of sp³-hybridized carbons (Fsp3) is 0.462. The van der Waals surface area contributed by atoms with Crippen LogP contribution in [0.25, 0.3) is 0 Å². The van der Waals surface area contributed by atoms with Crippen molar-refractivity contribution in [3.8, 4) is 0 Å². The summed E-state index contributed by atoms with van der Waals surface area (Å²) in [6, 6.07) is 6.61. The van der Waals surface area contributed by atoms with Gasteiger partial charge in [0, 0.05) is 25.6 Å². The summed E-state index contributed by atoms with van der Waals surface area (Å²) in [4.78, 5) is 12.1. The Morgan fingerprint density at radius 2 is 2.00 bits per heavy atom. The van der Waals surface area contributed by atoms with Gasteiger partial charge in [-0.1, -0.05) is 12.1 Å². The van der Waals surface area contributed by atoms with E-state index >= 15 is 0 Å². The average Bonchev–Trinajstić information content (AvgIpc) is 2.37. The van der Waals surface area contributed by atoms with Gasteiger partial charge in [0.05, 0.1) is 17.0 Å². The van der Waals surface area contributed by atoms with E-state index in [0.717, 1.165) is 13.1 Å². The molecule has 1 aromatic carbocycles. The third-order valence-electron chi connectivity index (χ3n) is 3.23. The fourth-order valence-electron chi connectivity index (χ4n) is 1.83. The molecule has 0 unspecified atom stereocenters. The van der Waals surface area contributed by atoms with E-state index in [2.05, 4.69) is 15.4 Å². The highest BCUT2D eigenvalue weighted by atomic mass is 35.5. The molecule has 1 aliphatic rings. The Hall–Kier alpha value is -1.31. The van der Waals surface area contributed by atoms with E-state index in [1.54, 1.807) is 31.2 Å². The predicted octanol–water partition coefficient (Wildman–Crippen LogP) is 0.819. The van der Waals surface area contributed by atoms with Crippen molar-refractivity contribution in [1.82, 2.24) is 10.6 Å². The van der Waals surface area contributed by atoms with Crippen molar-refractivity contribution < 1.29 is 13.2 Å². The van der Waals surface area contributed by atoms with Gasteiger partial charge in [-0.25, -0.2) is 8.42 Å². The number of carbonyl (C=O) groups excluding carboxylic acids is 1. The molecule has 0 saturated carbocycles. The summed E-state index contributed by atoms with van der Waals surface area (Å²) in [6.07, 6.45) is 0. The summed E-state index contributed by atoms with van der Waals surface area (Å²) in [7, 11) is -3.39. The van der Waals surface area contributed by atoms with Gasteiger partial charge in [-0.2, -0.15) is 0 Å². The van der Waals surface area contributed by atoms with E-state index in [1.807, 2.05) is 0 Å². The van der Waals surface area contributed by atoms with Crippen molar-refractivity contribution in [1.29, 1.82) is 0 Å². The lowest BCUT2D eigenvalue weighted by Crippen LogP contribution is -2.48. The number of rotatable bonds is 6. The molecule has 0 spiro atoms. The zero-order valence-corrected chi connectivity index (χ0v) is 13.4. The first-order valence-corrected chi connectivity index (χ1v) is 8.25. The Kier molecular flexibility index (Phi) is 6.44. The summed E-state index contributed by atoms with van der Waals surface area (Å²) in [6.45, 7) is 3.96. The number of hydrogen-bond donors (Lipinski definition) is 3. The van der Waals surface area contributed by atoms with Gasteiger partial charge >= 0.3 is 0 Å². The molecular formula is C13H20ClN3O3S. The van der Waals surface area contributed by atoms with Gasteiger partial charge in [0.15, 0.2) is 0 Å². The first kappa shape index (κ1) is 17.7. The number of halogens is 1. The standard InChI is InChI=1S/C13H19N3O3S.ClH/c1-2-20(18,19)16-12-6-4-3-5-11(12)13(17)15-9-10-7-14-8-10;/h3-6,10,14,16H,2,7-9H2,1H3,(H,15,17);1H. The highest BCUT2D eigenvalue weighted by Gasteiger charge is 2.19. The van der Waals surface area contributed by atoms with Crippen molar-refractivity contribution in [3.05, 3.63) is 29.8 Å². The lowest BCUT2D eigenvalue weighted by Gasteiger charge is -2.27. The van der Waals surface area contributed by atoms with Gasteiger partial charge in [-0.3, -0.25) is 9.52 Å². The number of amides is 1. The number of sulfonamides is 1. The molecule has 1 aliphatic heterocycles. The van der Waals surface area contributed by atoms with Crippen LogP contribution in [0.3, 0.4) is 0 Å². The third-order valence-corrected chi connectivity index (χ3v) is 4.53. The lowest BCUT2D eigenvalue weighted by molar-refractivity contribution is 0.0943. The summed E-state index contributed by atoms with van der Waals surface area (Å²) < 4.78 is 25.7. The van der Waals surface area contributed by atoms with Crippen LogP contribution >= 0.6 is 12.4 Å². The molecule has 1 amide bonds. The molecule has 1 fully saturated rings. The Morgan fingerprint density at radius 3 is 2.57 bits per heavy atom. The van der Waals surface area contributed by atoms with Crippen LogP contribution in [0.1, 0.15) is 17.3 Å². The van der Waals surface area contributed by atoms with E-state index in [4.69, 9.17) is 0 Å². The minimum Gasteiger partial charge on any atom is -0.352 e. The quantitative estimate of drug-likeness (QED) is 0.719. The maximum absolute atomic E-state index is 12.1. The second-order valence-electron chi connectivity index (χ2n) is 4.79. The van der Waals surface area contributed by atoms with Crippen LogP contribution in [0.2, 0.25) is 0 Å². The van der Waals surface area contributed by atoms with Gasteiger partial charge in [0.25, 0.3) is 5.91 Å². The van der Waals surface area contributed by atoms with Crippen LogP contribution in [0.4, 0.5) is 5.69 Å². The lowest BCUT2D eigenvalue weighted by atomic mass is 10.0. The van der Waals surface area contributed by atoms with Crippen LogP contribution in [-0.4, -0.2) is 39.7 Å². The molecule has 1 aromatic rings. The van der Waals surface area contributed by atoms with Gasteiger partial charge in [-0.05, 0) is 19.1 Å². The molecule has 0 aliphatic carbocycles. The number of carbonyl (C=O) groups is 1. The maximum Gasteiger partial charge on any atom is 0.253 e. The SMILES string of the molecule is CCS(=O)(=O)Nc1ccccc1C(=O)NCC1CNC1.Cl. The number of benzene rings is 1. The summed E-state index contributed by atoms with van der Waals surface area (Å²) >= 11 is 0. The van der Waals surface area contributed by atoms with E-state index in [0.29, 0.717) is 23.7 Å². The highest BCUT2D eigenvalue weighted by Crippen LogP contribution is 2.16. The van der Waals surface area contributed by atoms with Gasteiger partial charge in [0.1, 0.15) is 0 Å². The van der Waals surface area contributed by atoms with Crippen molar-refractivity contribution in [2.45, 2.75) is 6.92 Å². The number of anilines is 1. The molecule has 1 heterocycles. The van der Waals surface area contributed by atoms with Crippen molar-refractivity contribution in [2.75, 3.05) is 30.1 Å². The number of hydrogen-bond acceptors (Lipinski definition) is 4. The predicted molar refractivity (Wildman–Crippen MR) is 85.5 cm³/mol. The Labute approximate surface area is 131 Å². The Balaban J connectivity index is 0.00000220. The van der Waals surface area contributed by atoms with E-state index in [-0.39, 0.29) is 24.1 Å². The minimum atomic E-state index is -3.39. The van der Waals surface area contributed by atoms with Crippen LogP contribution in [0.5, 0.6) is 0 Å². The van der Waals surface area contributed by atoms with Gasteiger partial charge < -0.3 is 10.6 Å². The highest BCUT2D eigenvalue weighted by molar-refractivity contribution is 7.92. The smallest absolute Gasteiger partial charge is 0.253 e. The zero-order chi connectivity index (χ0) is 14.6. The minimum absolute atomic E-state index is 0. The number of para-hydroxylation sites is 1. The van der Waals surface area contributed by atoms with Crippen molar-refractivity contribution in [3.63, 3.8) is 0 Å². The third kappa shape index (κ3) is 4.87. The first-order chi connectivity index (χ1) is 9.52. The monoisotopic (exact) mass is 333 g/mol. The van der Waals surface area contributed by atoms with Gasteiger partial charge in [0.2, 0.25) is 10.0 Å². The topological polar surface area (TPSA) is 87.3 Å². The molecule has 21 heavy (non-hydrogen) atoms. The first-order valence-electron chi connectivity index (χ1n) is 6.60. The van der Waals surface area contributed by atoms with Crippen LogP contribution < -0.4 is 15.4 Å². The molecule has 118 valence electrons. The van der Waals surface area contributed by atoms with E-state index in [1.165, 1.54) is 0 Å². The molecule has 1 saturated heterocycles. The molecular weight excluding hydrogens is 314 g/mol. The van der Waals surface area contributed by atoms with Crippen molar-refractivity contribution >= 4 is 34.0 Å². The second kappa shape index (κ2) is 7.63. The summed E-state index contributed by atoms with van der Waals surface area (Å²) in [5.41, 5.74) is 0.662. The molecule has 0 bridgehead atoms. The molecule has 8 heteroatoms. The Bertz CT molecular complexity index is 588. The van der Waals surface area contributed by atoms with E-state index in [9.17, 15) is 13.2 Å². The molecule has 3 N–H and O–H groups in total. The number of nitrogens with one attached hydrogen (secondary N) is 3. The van der Waals surface area contributed by atoms with E-state index < -0.39 is 10.0 Å². The molecule has 0 radical (unpaired) electrons. The van der Waals surface area contributed by atoms with Crippen LogP contribution in [0.15, 0.2) is 24.3 Å². The van der Waals surface area contributed by atoms with Crippen LogP contribution in [0, 0.1) is 5.92 Å². The molecule has 2 rings (SSSR count). The fourth-order valence-corrected chi connectivity index (χ4v) is 2.49.